The van der Waals surface area contributed by atoms with Crippen molar-refractivity contribution in [2.24, 2.45) is 5.41 Å². The maximum absolute atomic E-state index is 14.3. The lowest BCUT2D eigenvalue weighted by Gasteiger charge is -2.39. The normalized spacial score (nSPS) is 25.5. The summed E-state index contributed by atoms with van der Waals surface area (Å²) >= 11 is 0.972. The van der Waals surface area contributed by atoms with E-state index < -0.39 is 42.7 Å². The molecule has 1 saturated carbocycles. The Morgan fingerprint density at radius 1 is 1.04 bits per heavy atom. The molecule has 1 aromatic carbocycles. The van der Waals surface area contributed by atoms with Crippen LogP contribution < -0.4 is 5.32 Å². The summed E-state index contributed by atoms with van der Waals surface area (Å²) in [6, 6.07) is 2.38. The van der Waals surface area contributed by atoms with Crippen LogP contribution in [0.3, 0.4) is 0 Å². The molecule has 15 heteroatoms. The van der Waals surface area contributed by atoms with Gasteiger partial charge in [-0.3, -0.25) is 23.7 Å². The Kier molecular flexibility index (Phi) is 8.33. The average Bonchev–Trinajstić information content (AvgIpc) is 3.78. The Morgan fingerprint density at radius 2 is 1.78 bits per heavy atom. The fraction of sp³-hybridized carbons (Fsp3) is 0.600. The van der Waals surface area contributed by atoms with Gasteiger partial charge >= 0.3 is 13.3 Å². The minimum atomic E-state index is -5.78. The molecule has 3 N–H and O–H groups in total. The van der Waals surface area contributed by atoms with Crippen molar-refractivity contribution in [1.29, 1.82) is 0 Å². The van der Waals surface area contributed by atoms with E-state index in [-0.39, 0.29) is 40.1 Å². The highest BCUT2D eigenvalue weighted by molar-refractivity contribution is 7.52. The van der Waals surface area contributed by atoms with E-state index in [9.17, 15) is 32.5 Å². The molecule has 11 nitrogen and oxygen atoms in total. The molecule has 3 aliphatic heterocycles. The van der Waals surface area contributed by atoms with Crippen molar-refractivity contribution < 1.29 is 42.3 Å². The molecule has 0 unspecified atom stereocenters. The minimum Gasteiger partial charge on any atom is -0.340 e. The van der Waals surface area contributed by atoms with Gasteiger partial charge in [-0.1, -0.05) is 18.9 Å². The zero-order valence-corrected chi connectivity index (χ0v) is 26.6. The Bertz CT molecular complexity index is 1590. The van der Waals surface area contributed by atoms with Crippen LogP contribution in [-0.2, 0) is 24.6 Å². The number of halogens is 2. The molecule has 45 heavy (non-hydrogen) atoms. The van der Waals surface area contributed by atoms with Gasteiger partial charge in [-0.05, 0) is 67.5 Å². The first-order chi connectivity index (χ1) is 21.2. The van der Waals surface area contributed by atoms with Crippen LogP contribution in [0.5, 0.6) is 0 Å². The quantitative estimate of drug-likeness (QED) is 0.413. The van der Waals surface area contributed by atoms with Crippen molar-refractivity contribution in [3.8, 4) is 0 Å². The molecule has 6 rings (SSSR count). The van der Waals surface area contributed by atoms with E-state index in [1.165, 1.54) is 36.8 Å². The second-order valence-electron chi connectivity index (χ2n) is 12.9. The summed E-state index contributed by atoms with van der Waals surface area (Å²) in [4.78, 5) is 77.3. The summed E-state index contributed by atoms with van der Waals surface area (Å²) in [6.45, 7) is 3.06. The molecule has 4 aliphatic rings. The topological polar surface area (TPSA) is 148 Å². The largest absolute Gasteiger partial charge is 0.399 e. The molecule has 244 valence electrons. The summed E-state index contributed by atoms with van der Waals surface area (Å²) in [5, 5.41) is 2.92. The van der Waals surface area contributed by atoms with Crippen LogP contribution in [0, 0.1) is 5.41 Å². The van der Waals surface area contributed by atoms with Crippen molar-refractivity contribution >= 4 is 52.6 Å². The minimum absolute atomic E-state index is 0.0592. The predicted molar refractivity (Wildman–Crippen MR) is 162 cm³/mol. The first-order valence-corrected chi connectivity index (χ1v) is 17.8. The number of amides is 4. The van der Waals surface area contributed by atoms with Crippen LogP contribution in [-0.4, -0.2) is 92.4 Å². The van der Waals surface area contributed by atoms with Crippen molar-refractivity contribution in [3.05, 3.63) is 34.7 Å². The van der Waals surface area contributed by atoms with Crippen LogP contribution in [0.15, 0.2) is 24.3 Å². The van der Waals surface area contributed by atoms with Crippen LogP contribution >= 0.6 is 18.9 Å². The number of nitrogens with zero attached hydrogens (tertiary/aromatic N) is 3. The van der Waals surface area contributed by atoms with Crippen LogP contribution in [0.4, 0.5) is 8.78 Å². The first kappa shape index (κ1) is 32.0. The lowest BCUT2D eigenvalue weighted by molar-refractivity contribution is -0.148. The Labute approximate surface area is 263 Å². The highest BCUT2D eigenvalue weighted by Gasteiger charge is 2.51. The number of carbonyl (C=O) groups excluding carboxylic acids is 4. The number of nitrogens with one attached hydrogen (secondary N) is 1. The summed E-state index contributed by atoms with van der Waals surface area (Å²) in [6.07, 6.45) is 7.21. The molecule has 1 aromatic heterocycles. The molecule has 1 spiro atoms. The fourth-order valence-electron chi connectivity index (χ4n) is 7.62. The van der Waals surface area contributed by atoms with Crippen molar-refractivity contribution in [1.82, 2.24) is 20.0 Å². The van der Waals surface area contributed by atoms with Gasteiger partial charge in [-0.2, -0.15) is 8.78 Å². The van der Waals surface area contributed by atoms with E-state index in [0.29, 0.717) is 43.6 Å². The van der Waals surface area contributed by atoms with E-state index in [4.69, 9.17) is 9.79 Å². The number of rotatable bonds is 5. The second-order valence-corrected chi connectivity index (χ2v) is 15.7. The number of hydrogen-bond donors (Lipinski definition) is 3. The first-order valence-electron chi connectivity index (χ1n) is 15.3. The van der Waals surface area contributed by atoms with Crippen LogP contribution in [0.25, 0.3) is 10.1 Å². The van der Waals surface area contributed by atoms with Gasteiger partial charge in [0, 0.05) is 49.4 Å². The fourth-order valence-corrected chi connectivity index (χ4v) is 9.04. The number of likely N-dealkylation sites (tertiary alicyclic amines) is 1. The third-order valence-electron chi connectivity index (χ3n) is 10.1. The van der Waals surface area contributed by atoms with E-state index >= 15 is 0 Å². The van der Waals surface area contributed by atoms with E-state index in [1.54, 1.807) is 4.90 Å². The number of fused-ring (bicyclic) bond motifs is 2. The average molecular weight is 667 g/mol. The molecule has 1 aliphatic carbocycles. The number of carbonyl (C=O) groups is 4. The van der Waals surface area contributed by atoms with E-state index in [2.05, 4.69) is 5.32 Å². The molecule has 4 fully saturated rings. The number of alkyl halides is 2. The summed E-state index contributed by atoms with van der Waals surface area (Å²) < 4.78 is 40.4. The third kappa shape index (κ3) is 5.90. The van der Waals surface area contributed by atoms with Crippen molar-refractivity contribution in [3.63, 3.8) is 0 Å². The molecule has 3 atom stereocenters. The van der Waals surface area contributed by atoms with Gasteiger partial charge < -0.3 is 29.8 Å². The molecule has 4 amide bonds. The van der Waals surface area contributed by atoms with E-state index in [0.717, 1.165) is 42.7 Å². The lowest BCUT2D eigenvalue weighted by atomic mass is 9.86. The zero-order valence-electron chi connectivity index (χ0n) is 24.9. The number of hydrogen-bond acceptors (Lipinski definition) is 6. The molecule has 4 heterocycles. The van der Waals surface area contributed by atoms with Gasteiger partial charge in [0.05, 0.1) is 4.88 Å². The Hall–Kier alpha value is -2.93. The summed E-state index contributed by atoms with van der Waals surface area (Å²) in [5.41, 5.74) is -5.10. The zero-order chi connectivity index (χ0) is 32.3. The van der Waals surface area contributed by atoms with Crippen LogP contribution in [0.1, 0.15) is 73.5 Å². The molecular formula is C30H37F2N4O7PS. The van der Waals surface area contributed by atoms with Gasteiger partial charge in [0.2, 0.25) is 17.7 Å². The van der Waals surface area contributed by atoms with Gasteiger partial charge in [0.1, 0.15) is 12.1 Å². The van der Waals surface area contributed by atoms with E-state index in [1.807, 2.05) is 4.90 Å². The van der Waals surface area contributed by atoms with Gasteiger partial charge in [-0.25, -0.2) is 0 Å². The maximum Gasteiger partial charge on any atom is 0.399 e. The van der Waals surface area contributed by atoms with Crippen molar-refractivity contribution in [2.45, 2.75) is 82.1 Å². The summed E-state index contributed by atoms with van der Waals surface area (Å²) in [5.74, 6) is -1.41. The SMILES string of the molecule is CC(=O)N1CC[C@H]2CC[C@@H](C(=O)N3CCC4(CCCC4)C3)N2C(=O)[C@@H](NC(=O)c2cc3cc(C(F)(F)P(=O)(O)O)ccc3s2)C1. The lowest BCUT2D eigenvalue weighted by Crippen LogP contribution is -2.61. The van der Waals surface area contributed by atoms with Crippen LogP contribution in [0.2, 0.25) is 0 Å². The number of benzene rings is 1. The Balaban J connectivity index is 1.23. The highest BCUT2D eigenvalue weighted by Crippen LogP contribution is 2.59. The molecule has 2 aromatic rings. The second kappa shape index (κ2) is 11.7. The maximum atomic E-state index is 14.3. The van der Waals surface area contributed by atoms with Gasteiger partial charge in [0.25, 0.3) is 5.91 Å². The highest BCUT2D eigenvalue weighted by atomic mass is 32.1. The van der Waals surface area contributed by atoms with Gasteiger partial charge in [-0.15, -0.1) is 11.3 Å². The molecule has 0 bridgehead atoms. The molecule has 3 saturated heterocycles. The monoisotopic (exact) mass is 666 g/mol. The van der Waals surface area contributed by atoms with Gasteiger partial charge in [0.15, 0.2) is 0 Å². The summed E-state index contributed by atoms with van der Waals surface area (Å²) in [7, 11) is -5.78. The molecule has 0 radical (unpaired) electrons. The molecular weight excluding hydrogens is 629 g/mol. The number of thiophene rings is 1. The Morgan fingerprint density at radius 3 is 2.47 bits per heavy atom. The smallest absolute Gasteiger partial charge is 0.340 e. The predicted octanol–water partition coefficient (Wildman–Crippen LogP) is 3.63. The van der Waals surface area contributed by atoms with Crippen molar-refractivity contribution in [2.75, 3.05) is 26.2 Å². The standard InChI is InChI=1S/C30H37F2N4O7PS/c1-18(37)34-12-8-21-5-6-23(28(40)35-13-11-29(17-35)9-2-3-10-29)36(21)27(39)22(16-34)33-26(38)25-15-19-14-20(4-7-24(19)45-25)30(31,32)44(41,42)43/h4,7,14-15,21-23H,2-3,5-6,8-13,16-17H2,1H3,(H,33,38)(H2,41,42,43)/t21-,22+,23+/m1/s1. The third-order valence-corrected chi connectivity index (χ3v) is 12.2.